The van der Waals surface area contributed by atoms with E-state index in [9.17, 15) is 9.59 Å². The number of fused-ring (bicyclic) bond motifs is 1. The summed E-state index contributed by atoms with van der Waals surface area (Å²) >= 11 is 0. The molecule has 0 saturated heterocycles. The Morgan fingerprint density at radius 2 is 0.889 bits per heavy atom. The summed E-state index contributed by atoms with van der Waals surface area (Å²) in [4.78, 5) is 50.8. The Labute approximate surface area is 317 Å². The lowest BCUT2D eigenvalue weighted by atomic mass is 9.99. The van der Waals surface area contributed by atoms with Crippen LogP contribution >= 0.6 is 0 Å². The number of nitrogens with zero attached hydrogens (tertiary/aromatic N) is 2. The number of benzene rings is 1. The monoisotopic (exact) mass is 730 g/mol. The Morgan fingerprint density at radius 1 is 0.519 bits per heavy atom. The molecule has 284 valence electrons. The smallest absolute Gasteiger partial charge is 0.355 e. The number of ether oxygens (including phenoxy) is 2. The second kappa shape index (κ2) is 15.9. The van der Waals surface area contributed by atoms with Gasteiger partial charge in [-0.15, -0.1) is 0 Å². The fourth-order valence-corrected chi connectivity index (χ4v) is 8.20. The average Bonchev–Trinajstić information content (AvgIpc) is 3.87. The third-order valence-corrected chi connectivity index (χ3v) is 11.0. The van der Waals surface area contributed by atoms with Gasteiger partial charge in [0.1, 0.15) is 22.8 Å². The highest BCUT2D eigenvalue weighted by molar-refractivity contribution is 5.91. The van der Waals surface area contributed by atoms with E-state index in [4.69, 9.17) is 19.4 Å². The first-order valence-electron chi connectivity index (χ1n) is 19.4. The van der Waals surface area contributed by atoms with Crippen LogP contribution in [0.5, 0.6) is 0 Å². The van der Waals surface area contributed by atoms with Crippen LogP contribution in [-0.2, 0) is 48.0 Å². The van der Waals surface area contributed by atoms with Gasteiger partial charge in [-0.3, -0.25) is 0 Å². The van der Waals surface area contributed by atoms with Gasteiger partial charge in [-0.25, -0.2) is 19.6 Å². The van der Waals surface area contributed by atoms with Crippen LogP contribution in [0.15, 0.2) is 24.3 Å². The molecular formula is C44H54N6O4. The second-order valence-electron chi connectivity index (χ2n) is 13.9. The fraction of sp³-hybridized carbons (Fsp3) is 0.409. The first-order chi connectivity index (χ1) is 26.0. The van der Waals surface area contributed by atoms with Crippen LogP contribution in [0.25, 0.3) is 33.8 Å². The predicted molar refractivity (Wildman–Crippen MR) is 215 cm³/mol. The van der Waals surface area contributed by atoms with E-state index in [2.05, 4.69) is 75.3 Å². The van der Waals surface area contributed by atoms with Gasteiger partial charge >= 0.3 is 11.9 Å². The van der Waals surface area contributed by atoms with Crippen LogP contribution < -0.4 is 0 Å². The van der Waals surface area contributed by atoms with Gasteiger partial charge in [0, 0.05) is 35.6 Å². The van der Waals surface area contributed by atoms with Crippen molar-refractivity contribution in [3.63, 3.8) is 0 Å². The van der Waals surface area contributed by atoms with E-state index in [-0.39, 0.29) is 11.9 Å². The number of hydrogen-bond donors (Lipinski definition) is 4. The summed E-state index contributed by atoms with van der Waals surface area (Å²) in [7, 11) is 0. The summed E-state index contributed by atoms with van der Waals surface area (Å²) in [5.74, 6) is -0.634. The molecule has 0 aliphatic rings. The molecule has 0 fully saturated rings. The molecule has 0 spiro atoms. The summed E-state index contributed by atoms with van der Waals surface area (Å²) in [6, 6.07) is 8.00. The van der Waals surface area contributed by atoms with Crippen LogP contribution in [-0.4, -0.2) is 55.1 Å². The zero-order valence-corrected chi connectivity index (χ0v) is 33.5. The number of aromatic nitrogens is 6. The van der Waals surface area contributed by atoms with Gasteiger partial charge in [0.25, 0.3) is 0 Å². The molecule has 4 N–H and O–H groups in total. The molecule has 6 aromatic rings. The number of carbonyl (C=O) groups excluding carboxylic acids is 2. The number of hydrogen-bond acceptors (Lipinski definition) is 6. The van der Waals surface area contributed by atoms with Crippen molar-refractivity contribution in [3.8, 4) is 22.8 Å². The molecule has 5 aromatic heterocycles. The Bertz CT molecular complexity index is 2190. The molecule has 0 atom stereocenters. The summed E-state index contributed by atoms with van der Waals surface area (Å²) in [6.07, 6.45) is 4.33. The number of H-pyrrole nitrogens is 4. The van der Waals surface area contributed by atoms with Crippen molar-refractivity contribution in [2.75, 3.05) is 13.2 Å². The highest BCUT2D eigenvalue weighted by atomic mass is 16.5. The molecule has 1 aromatic carbocycles. The predicted octanol–water partition coefficient (Wildman–Crippen LogP) is 9.29. The second-order valence-corrected chi connectivity index (χ2v) is 13.9. The van der Waals surface area contributed by atoms with Crippen LogP contribution in [0.3, 0.4) is 0 Å². The zero-order valence-electron chi connectivity index (χ0n) is 33.5. The summed E-state index contributed by atoms with van der Waals surface area (Å²) in [6.45, 7) is 21.3. The minimum atomic E-state index is -0.317. The SMILES string of the molecule is CCOC(=O)c1[nH]c(Cc2[nH]c(-c3nc4ccccc4nc3-c3[nH]c(Cc4[nH]c(C(=O)OCC)c(CC)c4C)c(CC)c3C)c(C)c2CC)c(C)c1CC. The van der Waals surface area contributed by atoms with E-state index in [1.165, 1.54) is 11.1 Å². The van der Waals surface area contributed by atoms with E-state index in [1.54, 1.807) is 0 Å². The van der Waals surface area contributed by atoms with Crippen LogP contribution in [0.4, 0.5) is 0 Å². The maximum atomic E-state index is 12.9. The number of esters is 2. The maximum absolute atomic E-state index is 12.9. The molecule has 5 heterocycles. The Hall–Kier alpha value is -5.38. The van der Waals surface area contributed by atoms with Gasteiger partial charge < -0.3 is 29.4 Å². The molecule has 0 aliphatic heterocycles. The minimum Gasteiger partial charge on any atom is -0.461 e. The van der Waals surface area contributed by atoms with Crippen molar-refractivity contribution < 1.29 is 19.1 Å². The van der Waals surface area contributed by atoms with E-state index >= 15 is 0 Å². The lowest BCUT2D eigenvalue weighted by molar-refractivity contribution is 0.0509. The summed E-state index contributed by atoms with van der Waals surface area (Å²) < 4.78 is 10.8. The van der Waals surface area contributed by atoms with Crippen LogP contribution in [0.1, 0.15) is 130 Å². The number of rotatable bonds is 14. The lowest BCUT2D eigenvalue weighted by Gasteiger charge is -2.11. The molecule has 10 heteroatoms. The first kappa shape index (κ1) is 38.3. The molecule has 0 unspecified atom stereocenters. The Kier molecular flexibility index (Phi) is 11.3. The van der Waals surface area contributed by atoms with E-state index in [0.717, 1.165) is 116 Å². The van der Waals surface area contributed by atoms with Crippen molar-refractivity contribution >= 4 is 23.0 Å². The van der Waals surface area contributed by atoms with Crippen molar-refractivity contribution in [1.82, 2.24) is 29.9 Å². The van der Waals surface area contributed by atoms with Crippen LogP contribution in [0.2, 0.25) is 0 Å². The van der Waals surface area contributed by atoms with Gasteiger partial charge in [-0.05, 0) is 124 Å². The molecule has 0 aliphatic carbocycles. The quantitative estimate of drug-likeness (QED) is 0.0824. The normalized spacial score (nSPS) is 11.5. The minimum absolute atomic E-state index is 0.317. The summed E-state index contributed by atoms with van der Waals surface area (Å²) in [5.41, 5.74) is 19.2. The molecule has 6 rings (SSSR count). The number of carbonyl (C=O) groups is 2. The molecule has 10 nitrogen and oxygen atoms in total. The van der Waals surface area contributed by atoms with Crippen molar-refractivity contribution in [1.29, 1.82) is 0 Å². The molecule has 0 saturated carbocycles. The highest BCUT2D eigenvalue weighted by Gasteiger charge is 2.27. The van der Waals surface area contributed by atoms with Gasteiger partial charge in [-0.1, -0.05) is 39.8 Å². The van der Waals surface area contributed by atoms with Crippen molar-refractivity contribution in [2.24, 2.45) is 0 Å². The van der Waals surface area contributed by atoms with E-state index in [1.807, 2.05) is 38.1 Å². The van der Waals surface area contributed by atoms with E-state index < -0.39 is 0 Å². The number of para-hydroxylation sites is 2. The topological polar surface area (TPSA) is 142 Å². The van der Waals surface area contributed by atoms with Crippen LogP contribution in [0, 0.1) is 27.7 Å². The fourth-order valence-electron chi connectivity index (χ4n) is 8.20. The molecule has 0 radical (unpaired) electrons. The van der Waals surface area contributed by atoms with E-state index in [0.29, 0.717) is 37.4 Å². The van der Waals surface area contributed by atoms with Crippen molar-refractivity contribution in [3.05, 3.63) is 103 Å². The Balaban J connectivity index is 1.48. The van der Waals surface area contributed by atoms with Gasteiger partial charge in [0.05, 0.1) is 35.6 Å². The third-order valence-electron chi connectivity index (χ3n) is 11.0. The maximum Gasteiger partial charge on any atom is 0.355 e. The third kappa shape index (κ3) is 6.78. The zero-order chi connectivity index (χ0) is 38.8. The van der Waals surface area contributed by atoms with Gasteiger partial charge in [-0.2, -0.15) is 0 Å². The summed E-state index contributed by atoms with van der Waals surface area (Å²) in [5, 5.41) is 0. The van der Waals surface area contributed by atoms with Crippen molar-refractivity contribution in [2.45, 2.75) is 108 Å². The average molecular weight is 731 g/mol. The first-order valence-corrected chi connectivity index (χ1v) is 19.4. The molecular weight excluding hydrogens is 677 g/mol. The standard InChI is InChI=1S/C44H54N6O4/c1-11-27-25(9)37(49-35(27)21-33-23(7)29(13-3)39(47-33)43(51)53-15-5)41-42(46-32-20-18-17-19-31(32)45-41)38-26(10)28(12-2)36(50-38)22-34-24(8)30(14-4)40(48-34)44(52)54-16-6/h17-20,47-50H,11-16,21-22H2,1-10H3. The Morgan fingerprint density at radius 3 is 1.22 bits per heavy atom. The highest BCUT2D eigenvalue weighted by Crippen LogP contribution is 2.38. The van der Waals surface area contributed by atoms with Gasteiger partial charge in [0.15, 0.2) is 0 Å². The molecule has 0 bridgehead atoms. The van der Waals surface area contributed by atoms with Gasteiger partial charge in [0.2, 0.25) is 0 Å². The number of aromatic amines is 4. The molecule has 0 amide bonds. The lowest BCUT2D eigenvalue weighted by Crippen LogP contribution is -2.07. The largest absolute Gasteiger partial charge is 0.461 e. The number of nitrogens with one attached hydrogen (secondary N) is 4. The molecule has 54 heavy (non-hydrogen) atoms.